The van der Waals surface area contributed by atoms with E-state index in [0.717, 1.165) is 5.92 Å². The Hall–Kier alpha value is -0.220. The Kier molecular flexibility index (Phi) is 8.70. The number of alkyl halides is 2. The minimum Gasteiger partial charge on any atom is -0.306 e. The van der Waals surface area contributed by atoms with E-state index >= 15 is 0 Å². The van der Waals surface area contributed by atoms with Crippen LogP contribution in [0.25, 0.3) is 0 Å². The second kappa shape index (κ2) is 8.81. The Balaban J connectivity index is 0.000000283. The Morgan fingerprint density at radius 2 is 1.72 bits per heavy atom. The van der Waals surface area contributed by atoms with Crippen molar-refractivity contribution in [3.8, 4) is 0 Å². The predicted molar refractivity (Wildman–Crippen MR) is 74.3 cm³/mol. The molecule has 18 heavy (non-hydrogen) atoms. The monoisotopic (exact) mass is 264 g/mol. The van der Waals surface area contributed by atoms with Gasteiger partial charge in [0.2, 0.25) is 0 Å². The highest BCUT2D eigenvalue weighted by molar-refractivity contribution is 4.78. The third kappa shape index (κ3) is 7.27. The lowest BCUT2D eigenvalue weighted by Gasteiger charge is -2.06. The number of halogens is 2. The molecule has 0 radical (unpaired) electrons. The molecule has 0 spiro atoms. The lowest BCUT2D eigenvalue weighted by molar-refractivity contribution is 0.0146. The largest absolute Gasteiger partial charge is 0.306 e. The van der Waals surface area contributed by atoms with Gasteiger partial charge in [-0.3, -0.25) is 0 Å². The van der Waals surface area contributed by atoms with Crippen molar-refractivity contribution < 1.29 is 8.78 Å². The van der Waals surface area contributed by atoms with Crippen molar-refractivity contribution in [3.05, 3.63) is 0 Å². The van der Waals surface area contributed by atoms with Crippen LogP contribution in [0.3, 0.4) is 0 Å². The highest BCUT2D eigenvalue weighted by Gasteiger charge is 2.35. The molecule has 1 atom stereocenters. The Morgan fingerprint density at radius 1 is 1.11 bits per heavy atom. The molecule has 0 saturated carbocycles. The second-order valence-corrected chi connectivity index (χ2v) is 5.17. The summed E-state index contributed by atoms with van der Waals surface area (Å²) in [5.74, 6) is -1.41. The van der Waals surface area contributed by atoms with Gasteiger partial charge in [-0.15, -0.1) is 0 Å². The zero-order valence-electron chi connectivity index (χ0n) is 12.7. The minimum absolute atomic E-state index is 0.0312. The molecule has 2 saturated heterocycles. The Morgan fingerprint density at radius 3 is 1.89 bits per heavy atom. The molecule has 0 aliphatic carbocycles. The second-order valence-electron chi connectivity index (χ2n) is 5.17. The molecule has 2 aliphatic heterocycles. The zero-order valence-corrected chi connectivity index (χ0v) is 12.7. The third-order valence-electron chi connectivity index (χ3n) is 3.43. The number of hydrogen-bond donors (Lipinski definition) is 0. The maximum Gasteiger partial charge on any atom is 0.261 e. The van der Waals surface area contributed by atoms with E-state index in [1.54, 1.807) is 11.9 Å². The van der Waals surface area contributed by atoms with Crippen molar-refractivity contribution in [2.24, 2.45) is 5.92 Å². The van der Waals surface area contributed by atoms with E-state index < -0.39 is 5.92 Å². The van der Waals surface area contributed by atoms with Crippen LogP contribution >= 0.6 is 0 Å². The van der Waals surface area contributed by atoms with Gasteiger partial charge >= 0.3 is 0 Å². The molecule has 2 fully saturated rings. The first kappa shape index (κ1) is 17.8. The lowest BCUT2D eigenvalue weighted by atomic mass is 10.1. The molecule has 110 valence electrons. The zero-order chi connectivity index (χ0) is 14.2. The van der Waals surface area contributed by atoms with E-state index in [-0.39, 0.29) is 13.0 Å². The number of nitrogens with zero attached hydrogens (tertiary/aromatic N) is 2. The molecule has 0 aromatic carbocycles. The molecule has 0 N–H and O–H groups in total. The topological polar surface area (TPSA) is 6.48 Å². The molecule has 0 bridgehead atoms. The fourth-order valence-electron chi connectivity index (χ4n) is 2.27. The molecule has 4 heteroatoms. The van der Waals surface area contributed by atoms with Crippen molar-refractivity contribution in [3.63, 3.8) is 0 Å². The SMILES string of the molecule is CC.CC[C@@H]1CCN(C)C1.CN1CCC(F)(F)C1. The van der Waals surface area contributed by atoms with E-state index in [1.165, 1.54) is 25.9 Å². The van der Waals surface area contributed by atoms with Crippen LogP contribution in [-0.4, -0.2) is 56.0 Å². The molecule has 2 nitrogen and oxygen atoms in total. The smallest absolute Gasteiger partial charge is 0.261 e. The van der Waals surface area contributed by atoms with E-state index in [4.69, 9.17) is 0 Å². The van der Waals surface area contributed by atoms with Crippen molar-refractivity contribution in [1.82, 2.24) is 9.80 Å². The maximum absolute atomic E-state index is 12.2. The molecular formula is C14H30F2N2. The maximum atomic E-state index is 12.2. The molecule has 0 unspecified atom stereocenters. The standard InChI is InChI=1S/C7H15N.C5H9F2N.C2H6/c1-3-7-4-5-8(2)6-7;1-8-3-2-5(6,7)4-8;1-2/h7H,3-6H2,1-2H3;2-4H2,1H3;1-2H3/t7-;;/m1../s1. The first-order valence-electron chi connectivity index (χ1n) is 7.18. The summed E-state index contributed by atoms with van der Waals surface area (Å²) in [6, 6.07) is 0. The number of hydrogen-bond acceptors (Lipinski definition) is 2. The van der Waals surface area contributed by atoms with Crippen LogP contribution in [0.15, 0.2) is 0 Å². The van der Waals surface area contributed by atoms with E-state index in [9.17, 15) is 8.78 Å². The van der Waals surface area contributed by atoms with Crippen LogP contribution < -0.4 is 0 Å². The molecule has 2 rings (SSSR count). The molecule has 0 aromatic rings. The van der Waals surface area contributed by atoms with Gasteiger partial charge in [-0.05, 0) is 33.0 Å². The fraction of sp³-hybridized carbons (Fsp3) is 1.00. The van der Waals surface area contributed by atoms with Gasteiger partial charge in [-0.2, -0.15) is 0 Å². The molecule has 2 aliphatic rings. The molecule has 0 amide bonds. The Bertz CT molecular complexity index is 210. The van der Waals surface area contributed by atoms with Crippen LogP contribution in [0.2, 0.25) is 0 Å². The molecule has 2 heterocycles. The first-order chi connectivity index (χ1) is 8.43. The third-order valence-corrected chi connectivity index (χ3v) is 3.43. The van der Waals surface area contributed by atoms with E-state index in [0.29, 0.717) is 6.54 Å². The summed E-state index contributed by atoms with van der Waals surface area (Å²) in [5, 5.41) is 0. The summed E-state index contributed by atoms with van der Waals surface area (Å²) >= 11 is 0. The van der Waals surface area contributed by atoms with Gasteiger partial charge in [0.1, 0.15) is 0 Å². The summed E-state index contributed by atoms with van der Waals surface area (Å²) in [6.45, 7) is 9.40. The van der Waals surface area contributed by atoms with Gasteiger partial charge in [0.15, 0.2) is 0 Å². The highest BCUT2D eigenvalue weighted by Crippen LogP contribution is 2.24. The highest BCUT2D eigenvalue weighted by atomic mass is 19.3. The quantitative estimate of drug-likeness (QED) is 0.717. The van der Waals surface area contributed by atoms with Crippen LogP contribution in [0.5, 0.6) is 0 Å². The molecular weight excluding hydrogens is 234 g/mol. The summed E-state index contributed by atoms with van der Waals surface area (Å²) in [6.07, 6.45) is 2.82. The number of likely N-dealkylation sites (tertiary alicyclic amines) is 2. The van der Waals surface area contributed by atoms with Gasteiger partial charge in [0, 0.05) is 19.5 Å². The van der Waals surface area contributed by atoms with Gasteiger partial charge in [-0.1, -0.05) is 27.2 Å². The summed E-state index contributed by atoms with van der Waals surface area (Å²) in [5.41, 5.74) is 0. The molecule has 0 aromatic heterocycles. The van der Waals surface area contributed by atoms with Crippen molar-refractivity contribution >= 4 is 0 Å². The van der Waals surface area contributed by atoms with Crippen LogP contribution in [0.1, 0.15) is 40.0 Å². The van der Waals surface area contributed by atoms with Crippen molar-refractivity contribution in [2.75, 3.05) is 40.3 Å². The van der Waals surface area contributed by atoms with E-state index in [1.807, 2.05) is 13.8 Å². The average molecular weight is 264 g/mol. The predicted octanol–water partition coefficient (Wildman–Crippen LogP) is 3.33. The first-order valence-corrected chi connectivity index (χ1v) is 7.18. The normalized spacial score (nSPS) is 27.2. The Labute approximate surface area is 111 Å². The summed E-state index contributed by atoms with van der Waals surface area (Å²) < 4.78 is 24.3. The van der Waals surface area contributed by atoms with Crippen molar-refractivity contribution in [2.45, 2.75) is 46.0 Å². The average Bonchev–Trinajstić information content (AvgIpc) is 2.88. The van der Waals surface area contributed by atoms with Crippen molar-refractivity contribution in [1.29, 1.82) is 0 Å². The lowest BCUT2D eigenvalue weighted by Crippen LogP contribution is -2.21. The summed E-state index contributed by atoms with van der Waals surface area (Å²) in [4.78, 5) is 4.05. The fourth-order valence-corrected chi connectivity index (χ4v) is 2.27. The van der Waals surface area contributed by atoms with Gasteiger partial charge in [0.25, 0.3) is 5.92 Å². The summed E-state index contributed by atoms with van der Waals surface area (Å²) in [7, 11) is 3.91. The van der Waals surface area contributed by atoms with Crippen LogP contribution in [0, 0.1) is 5.92 Å². The van der Waals surface area contributed by atoms with E-state index in [2.05, 4.69) is 18.9 Å². The number of rotatable bonds is 1. The minimum atomic E-state index is -2.41. The van der Waals surface area contributed by atoms with Gasteiger partial charge in [0.05, 0.1) is 6.54 Å². The van der Waals surface area contributed by atoms with Crippen LogP contribution in [0.4, 0.5) is 8.78 Å². The van der Waals surface area contributed by atoms with Gasteiger partial charge in [-0.25, -0.2) is 8.78 Å². The van der Waals surface area contributed by atoms with Crippen LogP contribution in [-0.2, 0) is 0 Å². The van der Waals surface area contributed by atoms with Gasteiger partial charge < -0.3 is 9.80 Å².